The first kappa shape index (κ1) is 14.8. The van der Waals surface area contributed by atoms with Gasteiger partial charge in [0.15, 0.2) is 0 Å². The van der Waals surface area contributed by atoms with Crippen LogP contribution in [0.2, 0.25) is 0 Å². The topological polar surface area (TPSA) is 58.7 Å². The fourth-order valence-electron chi connectivity index (χ4n) is 3.82. The first-order valence-electron chi connectivity index (χ1n) is 8.00. The molecule has 3 N–H and O–H groups in total. The fourth-order valence-corrected chi connectivity index (χ4v) is 3.82. The second kappa shape index (κ2) is 6.34. The van der Waals surface area contributed by atoms with Gasteiger partial charge in [-0.1, -0.05) is 6.07 Å². The number of benzene rings is 1. The molecule has 1 saturated heterocycles. The van der Waals surface area contributed by atoms with E-state index in [-0.39, 0.29) is 12.2 Å². The van der Waals surface area contributed by atoms with Crippen LogP contribution in [0.15, 0.2) is 18.2 Å². The molecule has 0 aromatic heterocycles. The van der Waals surface area contributed by atoms with Crippen LogP contribution in [0.1, 0.15) is 42.9 Å². The molecule has 3 atom stereocenters. The normalized spacial score (nSPS) is 30.7. The third kappa shape index (κ3) is 3.23. The van der Waals surface area contributed by atoms with Gasteiger partial charge in [0.2, 0.25) is 0 Å². The number of hydrogen-bond acceptors (Lipinski definition) is 4. The van der Waals surface area contributed by atoms with Gasteiger partial charge in [-0.3, -0.25) is 4.90 Å². The minimum atomic E-state index is -0.166. The van der Waals surface area contributed by atoms with E-state index in [9.17, 15) is 5.11 Å². The number of nitrogens with zero attached hydrogens (tertiary/aromatic N) is 1. The van der Waals surface area contributed by atoms with Crippen LogP contribution in [-0.2, 0) is 11.2 Å². The van der Waals surface area contributed by atoms with E-state index in [0.29, 0.717) is 6.04 Å². The van der Waals surface area contributed by atoms with Crippen molar-refractivity contribution in [3.63, 3.8) is 0 Å². The number of aryl methyl sites for hydroxylation is 1. The van der Waals surface area contributed by atoms with Crippen molar-refractivity contribution in [2.75, 3.05) is 25.9 Å². The van der Waals surface area contributed by atoms with Gasteiger partial charge in [-0.15, -0.1) is 0 Å². The van der Waals surface area contributed by atoms with E-state index in [1.807, 2.05) is 6.07 Å². The molecule has 1 aromatic carbocycles. The number of hydrogen-bond donors (Lipinski definition) is 2. The molecule has 116 valence electrons. The Morgan fingerprint density at radius 2 is 2.19 bits per heavy atom. The largest absolute Gasteiger partial charge is 0.399 e. The lowest BCUT2D eigenvalue weighted by atomic mass is 9.99. The molecular formula is C17H26N2O2. The summed E-state index contributed by atoms with van der Waals surface area (Å²) in [6.45, 7) is 1.90. The first-order valence-corrected chi connectivity index (χ1v) is 8.00. The summed E-state index contributed by atoms with van der Waals surface area (Å²) in [5.74, 6) is 0. The molecule has 1 aliphatic carbocycles. The van der Waals surface area contributed by atoms with E-state index in [1.165, 1.54) is 11.1 Å². The lowest BCUT2D eigenvalue weighted by molar-refractivity contribution is 0.0172. The quantitative estimate of drug-likeness (QED) is 0.647. The van der Waals surface area contributed by atoms with E-state index in [1.54, 1.807) is 7.11 Å². The van der Waals surface area contributed by atoms with Crippen LogP contribution in [0.5, 0.6) is 0 Å². The van der Waals surface area contributed by atoms with Gasteiger partial charge in [0, 0.05) is 25.4 Å². The van der Waals surface area contributed by atoms with Gasteiger partial charge in [-0.05, 0) is 61.9 Å². The number of methoxy groups -OCH3 is 1. The van der Waals surface area contributed by atoms with Crippen molar-refractivity contribution in [2.45, 2.75) is 50.4 Å². The van der Waals surface area contributed by atoms with Crippen molar-refractivity contribution in [1.29, 1.82) is 0 Å². The molecule has 1 heterocycles. The van der Waals surface area contributed by atoms with Crippen molar-refractivity contribution >= 4 is 5.69 Å². The summed E-state index contributed by atoms with van der Waals surface area (Å²) in [6.07, 6.45) is 5.15. The Bertz CT molecular complexity index is 492. The molecular weight excluding hydrogens is 264 g/mol. The number of anilines is 1. The van der Waals surface area contributed by atoms with Crippen molar-refractivity contribution in [2.24, 2.45) is 0 Å². The number of ether oxygens (including phenoxy) is 1. The number of β-amino-alcohol motifs (C(OH)–C–C–N with tert-alkyl or cyclic N) is 1. The third-order valence-corrected chi connectivity index (χ3v) is 4.98. The SMILES string of the molecule is COC1CC(N2CCCC(O)C2)CCc2ccc(N)cc21. The lowest BCUT2D eigenvalue weighted by Crippen LogP contribution is -2.45. The number of aliphatic hydroxyl groups excluding tert-OH is 1. The van der Waals surface area contributed by atoms with Crippen molar-refractivity contribution in [1.82, 2.24) is 4.90 Å². The van der Waals surface area contributed by atoms with E-state index in [4.69, 9.17) is 10.5 Å². The van der Waals surface area contributed by atoms with E-state index in [2.05, 4.69) is 17.0 Å². The van der Waals surface area contributed by atoms with Gasteiger partial charge in [0.05, 0.1) is 12.2 Å². The van der Waals surface area contributed by atoms with Crippen LogP contribution in [0, 0.1) is 0 Å². The molecule has 0 saturated carbocycles. The summed E-state index contributed by atoms with van der Waals surface area (Å²) in [6, 6.07) is 6.68. The highest BCUT2D eigenvalue weighted by molar-refractivity contribution is 5.46. The Morgan fingerprint density at radius 3 is 2.95 bits per heavy atom. The molecule has 0 bridgehead atoms. The number of piperidine rings is 1. The molecule has 4 heteroatoms. The molecule has 4 nitrogen and oxygen atoms in total. The van der Waals surface area contributed by atoms with E-state index < -0.39 is 0 Å². The molecule has 0 spiro atoms. The Morgan fingerprint density at radius 1 is 1.33 bits per heavy atom. The maximum absolute atomic E-state index is 9.92. The van der Waals surface area contributed by atoms with Crippen molar-refractivity contribution < 1.29 is 9.84 Å². The highest BCUT2D eigenvalue weighted by Gasteiger charge is 2.30. The summed E-state index contributed by atoms with van der Waals surface area (Å²) in [7, 11) is 1.78. The Labute approximate surface area is 126 Å². The highest BCUT2D eigenvalue weighted by Crippen LogP contribution is 2.35. The van der Waals surface area contributed by atoms with Crippen LogP contribution in [-0.4, -0.2) is 42.4 Å². The van der Waals surface area contributed by atoms with Crippen LogP contribution >= 0.6 is 0 Å². The van der Waals surface area contributed by atoms with Crippen LogP contribution in [0.25, 0.3) is 0 Å². The van der Waals surface area contributed by atoms with E-state index in [0.717, 1.165) is 50.9 Å². The Balaban J connectivity index is 1.80. The summed E-state index contributed by atoms with van der Waals surface area (Å²) < 4.78 is 5.76. The maximum atomic E-state index is 9.92. The fraction of sp³-hybridized carbons (Fsp3) is 0.647. The lowest BCUT2D eigenvalue weighted by Gasteiger charge is -2.37. The van der Waals surface area contributed by atoms with Crippen LogP contribution in [0.4, 0.5) is 5.69 Å². The molecule has 0 radical (unpaired) electrons. The van der Waals surface area contributed by atoms with Crippen LogP contribution < -0.4 is 5.73 Å². The number of likely N-dealkylation sites (tertiary alicyclic amines) is 1. The predicted molar refractivity (Wildman–Crippen MR) is 84.1 cm³/mol. The van der Waals surface area contributed by atoms with Crippen molar-refractivity contribution in [3.05, 3.63) is 29.3 Å². The number of rotatable bonds is 2. The number of aliphatic hydroxyl groups is 1. The average Bonchev–Trinajstić information content (AvgIpc) is 2.66. The molecule has 3 unspecified atom stereocenters. The smallest absolute Gasteiger partial charge is 0.0839 e. The van der Waals surface area contributed by atoms with Gasteiger partial charge in [0.1, 0.15) is 0 Å². The number of nitrogen functional groups attached to an aromatic ring is 1. The second-order valence-electron chi connectivity index (χ2n) is 6.40. The average molecular weight is 290 g/mol. The molecule has 3 rings (SSSR count). The second-order valence-corrected chi connectivity index (χ2v) is 6.40. The first-order chi connectivity index (χ1) is 10.2. The molecule has 2 aliphatic rings. The van der Waals surface area contributed by atoms with Gasteiger partial charge in [-0.25, -0.2) is 0 Å². The summed E-state index contributed by atoms with van der Waals surface area (Å²) in [4.78, 5) is 2.45. The zero-order chi connectivity index (χ0) is 14.8. The number of nitrogens with two attached hydrogens (primary N) is 1. The Hall–Kier alpha value is -1.10. The van der Waals surface area contributed by atoms with Gasteiger partial charge < -0.3 is 15.6 Å². The monoisotopic (exact) mass is 290 g/mol. The number of fused-ring (bicyclic) bond motifs is 1. The predicted octanol–water partition coefficient (Wildman–Crippen LogP) is 2.12. The highest BCUT2D eigenvalue weighted by atomic mass is 16.5. The minimum absolute atomic E-state index is 0.107. The van der Waals surface area contributed by atoms with Gasteiger partial charge in [-0.2, -0.15) is 0 Å². The van der Waals surface area contributed by atoms with E-state index >= 15 is 0 Å². The zero-order valence-corrected chi connectivity index (χ0v) is 12.8. The van der Waals surface area contributed by atoms with Crippen molar-refractivity contribution in [3.8, 4) is 0 Å². The molecule has 0 amide bonds. The van der Waals surface area contributed by atoms with Crippen LogP contribution in [0.3, 0.4) is 0 Å². The third-order valence-electron chi connectivity index (χ3n) is 4.98. The van der Waals surface area contributed by atoms with Gasteiger partial charge in [0.25, 0.3) is 0 Å². The maximum Gasteiger partial charge on any atom is 0.0839 e. The molecule has 1 fully saturated rings. The standard InChI is InChI=1S/C17H26N2O2/c1-21-17-10-14(19-8-2-3-15(20)11-19)7-5-12-4-6-13(18)9-16(12)17/h4,6,9,14-15,17,20H,2-3,5,7-8,10-11,18H2,1H3. The molecule has 21 heavy (non-hydrogen) atoms. The summed E-state index contributed by atoms with van der Waals surface area (Å²) in [5, 5.41) is 9.92. The molecule has 1 aliphatic heterocycles. The van der Waals surface area contributed by atoms with Gasteiger partial charge >= 0.3 is 0 Å². The Kier molecular flexibility index (Phi) is 4.48. The molecule has 1 aromatic rings. The summed E-state index contributed by atoms with van der Waals surface area (Å²) >= 11 is 0. The zero-order valence-electron chi connectivity index (χ0n) is 12.8. The summed E-state index contributed by atoms with van der Waals surface area (Å²) in [5.41, 5.74) is 9.36. The minimum Gasteiger partial charge on any atom is -0.399 e.